The molecule has 0 saturated heterocycles. The molecule has 0 radical (unpaired) electrons. The van der Waals surface area contributed by atoms with E-state index in [0.29, 0.717) is 0 Å². The summed E-state index contributed by atoms with van der Waals surface area (Å²) >= 11 is 0. The molecular formula is C8H15N3. The predicted molar refractivity (Wildman–Crippen MR) is 45.3 cm³/mol. The van der Waals surface area contributed by atoms with E-state index in [2.05, 4.69) is 21.8 Å². The van der Waals surface area contributed by atoms with Gasteiger partial charge in [-0.15, -0.1) is 0 Å². The van der Waals surface area contributed by atoms with Crippen molar-refractivity contribution in [1.82, 2.24) is 14.9 Å². The van der Waals surface area contributed by atoms with Gasteiger partial charge < -0.3 is 9.88 Å². The lowest BCUT2D eigenvalue weighted by Gasteiger charge is -2.00. The highest BCUT2D eigenvalue weighted by atomic mass is 15.1. The van der Waals surface area contributed by atoms with E-state index >= 15 is 0 Å². The zero-order valence-electron chi connectivity index (χ0n) is 7.39. The van der Waals surface area contributed by atoms with Gasteiger partial charge in [0.2, 0.25) is 0 Å². The Kier molecular flexibility index (Phi) is 2.65. The number of hydrogen-bond donors (Lipinski definition) is 1. The molecule has 1 heterocycles. The molecule has 62 valence electrons. The van der Waals surface area contributed by atoms with Crippen LogP contribution in [0.1, 0.15) is 18.4 Å². The second-order valence-electron chi connectivity index (χ2n) is 2.69. The van der Waals surface area contributed by atoms with Crippen LogP contribution >= 0.6 is 0 Å². The normalized spacial score (nSPS) is 10.5. The van der Waals surface area contributed by atoms with E-state index in [1.165, 1.54) is 0 Å². The number of imidazole rings is 1. The van der Waals surface area contributed by atoms with E-state index in [-0.39, 0.29) is 0 Å². The maximum atomic E-state index is 4.35. The van der Waals surface area contributed by atoms with Crippen molar-refractivity contribution in [1.29, 1.82) is 0 Å². The van der Waals surface area contributed by atoms with Gasteiger partial charge in [0, 0.05) is 13.2 Å². The number of nitrogens with zero attached hydrogens (tertiary/aromatic N) is 2. The van der Waals surface area contributed by atoms with Gasteiger partial charge in [0.15, 0.2) is 0 Å². The minimum absolute atomic E-state index is 0.862. The highest BCUT2D eigenvalue weighted by Crippen LogP contribution is 1.98. The van der Waals surface area contributed by atoms with Gasteiger partial charge in [0.25, 0.3) is 0 Å². The molecule has 0 unspecified atom stereocenters. The van der Waals surface area contributed by atoms with Crippen LogP contribution in [0.5, 0.6) is 0 Å². The van der Waals surface area contributed by atoms with E-state index in [4.69, 9.17) is 0 Å². The zero-order chi connectivity index (χ0) is 8.27. The van der Waals surface area contributed by atoms with Gasteiger partial charge in [-0.3, -0.25) is 0 Å². The van der Waals surface area contributed by atoms with Gasteiger partial charge in [-0.05, 0) is 13.5 Å². The van der Waals surface area contributed by atoms with E-state index in [1.807, 2.05) is 20.2 Å². The molecule has 0 aliphatic heterocycles. The van der Waals surface area contributed by atoms with Gasteiger partial charge in [-0.2, -0.15) is 0 Å². The van der Waals surface area contributed by atoms with Crippen molar-refractivity contribution in [2.75, 3.05) is 6.54 Å². The molecule has 1 rings (SSSR count). The first kappa shape index (κ1) is 8.27. The molecule has 0 amide bonds. The Morgan fingerprint density at radius 1 is 1.64 bits per heavy atom. The third-order valence-electron chi connectivity index (χ3n) is 1.63. The number of hydrogen-bond acceptors (Lipinski definition) is 2. The second kappa shape index (κ2) is 3.53. The smallest absolute Gasteiger partial charge is 0.122 e. The maximum Gasteiger partial charge on any atom is 0.122 e. The lowest BCUT2D eigenvalue weighted by molar-refractivity contribution is 0.661. The van der Waals surface area contributed by atoms with Gasteiger partial charge in [0.1, 0.15) is 5.82 Å². The molecule has 0 fully saturated rings. The summed E-state index contributed by atoms with van der Waals surface area (Å²) in [5.41, 5.74) is 1.08. The topological polar surface area (TPSA) is 29.9 Å². The van der Waals surface area contributed by atoms with Crippen molar-refractivity contribution in [2.24, 2.45) is 7.05 Å². The Morgan fingerprint density at radius 3 is 2.82 bits per heavy atom. The summed E-state index contributed by atoms with van der Waals surface area (Å²) in [6, 6.07) is 0. The van der Waals surface area contributed by atoms with Crippen LogP contribution in [0, 0.1) is 6.92 Å². The number of nitrogens with one attached hydrogen (secondary N) is 1. The molecule has 1 aromatic heterocycles. The van der Waals surface area contributed by atoms with Crippen LogP contribution in [0.15, 0.2) is 6.20 Å². The van der Waals surface area contributed by atoms with Crippen molar-refractivity contribution >= 4 is 0 Å². The van der Waals surface area contributed by atoms with Crippen molar-refractivity contribution in [3.8, 4) is 0 Å². The molecule has 0 aliphatic rings. The Labute approximate surface area is 67.4 Å². The lowest BCUT2D eigenvalue weighted by atomic mass is 10.5. The molecule has 0 spiro atoms. The van der Waals surface area contributed by atoms with Crippen LogP contribution < -0.4 is 5.32 Å². The van der Waals surface area contributed by atoms with E-state index in [0.717, 1.165) is 24.6 Å². The monoisotopic (exact) mass is 153 g/mol. The standard InChI is InChI=1S/C8H15N3/c1-4-9-5-8-10-7(2)6-11(8)3/h6,9H,4-5H2,1-3H3. The molecule has 0 aliphatic carbocycles. The largest absolute Gasteiger partial charge is 0.337 e. The van der Waals surface area contributed by atoms with Crippen molar-refractivity contribution in [3.63, 3.8) is 0 Å². The van der Waals surface area contributed by atoms with Crippen LogP contribution in [-0.2, 0) is 13.6 Å². The van der Waals surface area contributed by atoms with Crippen LogP contribution in [0.3, 0.4) is 0 Å². The van der Waals surface area contributed by atoms with Gasteiger partial charge in [0.05, 0.1) is 12.2 Å². The fourth-order valence-electron chi connectivity index (χ4n) is 1.07. The van der Waals surface area contributed by atoms with E-state index < -0.39 is 0 Å². The first-order valence-electron chi connectivity index (χ1n) is 3.93. The third-order valence-corrected chi connectivity index (χ3v) is 1.63. The average Bonchev–Trinajstić information content (AvgIpc) is 2.26. The third kappa shape index (κ3) is 2.05. The highest BCUT2D eigenvalue weighted by Gasteiger charge is 1.99. The SMILES string of the molecule is CCNCc1nc(C)cn1C. The van der Waals surface area contributed by atoms with E-state index in [1.54, 1.807) is 0 Å². The summed E-state index contributed by atoms with van der Waals surface area (Å²) in [5, 5.41) is 3.24. The minimum atomic E-state index is 0.862. The Bertz CT molecular complexity index is 227. The number of rotatable bonds is 3. The Hall–Kier alpha value is -0.830. The molecule has 11 heavy (non-hydrogen) atoms. The van der Waals surface area contributed by atoms with E-state index in [9.17, 15) is 0 Å². The molecule has 1 N–H and O–H groups in total. The van der Waals surface area contributed by atoms with Crippen LogP contribution in [-0.4, -0.2) is 16.1 Å². The molecule has 3 nitrogen and oxygen atoms in total. The van der Waals surface area contributed by atoms with Crippen LogP contribution in [0.2, 0.25) is 0 Å². The average molecular weight is 153 g/mol. The molecule has 0 aromatic carbocycles. The molecule has 0 atom stereocenters. The summed E-state index contributed by atoms with van der Waals surface area (Å²) in [4.78, 5) is 4.35. The fraction of sp³-hybridized carbons (Fsp3) is 0.625. The lowest BCUT2D eigenvalue weighted by Crippen LogP contribution is -2.14. The Balaban J connectivity index is 2.62. The highest BCUT2D eigenvalue weighted by molar-refractivity contribution is 5.00. The zero-order valence-corrected chi connectivity index (χ0v) is 7.39. The minimum Gasteiger partial charge on any atom is -0.337 e. The summed E-state index contributed by atoms with van der Waals surface area (Å²) in [6.07, 6.45) is 2.03. The molecule has 1 aromatic rings. The predicted octanol–water partition coefficient (Wildman–Crippen LogP) is 0.838. The quantitative estimate of drug-likeness (QED) is 0.697. The summed E-state index contributed by atoms with van der Waals surface area (Å²) < 4.78 is 2.05. The van der Waals surface area contributed by atoms with Crippen LogP contribution in [0.25, 0.3) is 0 Å². The summed E-state index contributed by atoms with van der Waals surface area (Å²) in [7, 11) is 2.02. The molecular weight excluding hydrogens is 138 g/mol. The Morgan fingerprint density at radius 2 is 2.36 bits per heavy atom. The first-order chi connectivity index (χ1) is 5.24. The van der Waals surface area contributed by atoms with Gasteiger partial charge in [-0.25, -0.2) is 4.98 Å². The summed E-state index contributed by atoms with van der Waals surface area (Å²) in [5.74, 6) is 1.10. The van der Waals surface area contributed by atoms with Gasteiger partial charge in [-0.1, -0.05) is 6.92 Å². The van der Waals surface area contributed by atoms with Crippen LogP contribution in [0.4, 0.5) is 0 Å². The number of aromatic nitrogens is 2. The van der Waals surface area contributed by atoms with Crippen molar-refractivity contribution in [2.45, 2.75) is 20.4 Å². The van der Waals surface area contributed by atoms with Crippen molar-refractivity contribution < 1.29 is 0 Å². The van der Waals surface area contributed by atoms with Crippen molar-refractivity contribution in [3.05, 3.63) is 17.7 Å². The maximum absolute atomic E-state index is 4.35. The molecule has 0 saturated carbocycles. The second-order valence-corrected chi connectivity index (χ2v) is 2.69. The first-order valence-corrected chi connectivity index (χ1v) is 3.93. The molecule has 0 bridgehead atoms. The van der Waals surface area contributed by atoms with Gasteiger partial charge >= 0.3 is 0 Å². The summed E-state index contributed by atoms with van der Waals surface area (Å²) in [6.45, 7) is 5.96. The fourth-order valence-corrected chi connectivity index (χ4v) is 1.07. The number of aryl methyl sites for hydroxylation is 2. The molecule has 3 heteroatoms.